The largest absolute Gasteiger partial charge is 0.474 e. The van der Waals surface area contributed by atoms with Crippen LogP contribution in [-0.4, -0.2) is 47.1 Å². The molecule has 1 aliphatic rings. The highest BCUT2D eigenvalue weighted by atomic mass is 16.5. The number of amides is 1. The van der Waals surface area contributed by atoms with Crippen LogP contribution in [0.2, 0.25) is 0 Å². The molecule has 1 aromatic carbocycles. The van der Waals surface area contributed by atoms with Gasteiger partial charge >= 0.3 is 6.01 Å². The topological polar surface area (TPSA) is 64.6 Å². The van der Waals surface area contributed by atoms with Gasteiger partial charge in [0.15, 0.2) is 0 Å². The molecule has 1 aliphatic heterocycles. The van der Waals surface area contributed by atoms with Gasteiger partial charge in [-0.15, -0.1) is 0 Å². The maximum atomic E-state index is 12.5. The molecule has 0 bridgehead atoms. The van der Waals surface area contributed by atoms with Crippen molar-refractivity contribution in [2.75, 3.05) is 20.2 Å². The first kappa shape index (κ1) is 17.2. The minimum atomic E-state index is 0.0580. The summed E-state index contributed by atoms with van der Waals surface area (Å²) in [7, 11) is 1.53. The molecule has 25 heavy (non-hydrogen) atoms. The first-order valence-corrected chi connectivity index (χ1v) is 8.51. The summed E-state index contributed by atoms with van der Waals surface area (Å²) in [4.78, 5) is 22.5. The Hall–Kier alpha value is -2.63. The van der Waals surface area contributed by atoms with Gasteiger partial charge in [0.05, 0.1) is 13.5 Å². The lowest BCUT2D eigenvalue weighted by molar-refractivity contribution is -0.132. The molecule has 132 valence electrons. The fraction of sp³-hybridized carbons (Fsp3) is 0.421. The summed E-state index contributed by atoms with van der Waals surface area (Å²) in [5.74, 6) is 0.684. The molecule has 6 heteroatoms. The van der Waals surface area contributed by atoms with Crippen LogP contribution in [0.3, 0.4) is 0 Å². The van der Waals surface area contributed by atoms with Crippen molar-refractivity contribution < 1.29 is 14.3 Å². The lowest BCUT2D eigenvalue weighted by atomic mass is 10.0. The molecule has 0 spiro atoms. The van der Waals surface area contributed by atoms with Crippen molar-refractivity contribution in [3.05, 3.63) is 47.7 Å². The number of carbonyl (C=O) groups excluding carboxylic acids is 1. The van der Waals surface area contributed by atoms with Crippen LogP contribution in [0, 0.1) is 6.92 Å². The molecular weight excluding hydrogens is 318 g/mol. The van der Waals surface area contributed by atoms with E-state index in [0.29, 0.717) is 31.4 Å². The van der Waals surface area contributed by atoms with Gasteiger partial charge in [0.1, 0.15) is 6.10 Å². The number of likely N-dealkylation sites (tertiary alicyclic amines) is 1. The minimum absolute atomic E-state index is 0.0580. The summed E-state index contributed by atoms with van der Waals surface area (Å²) in [6.45, 7) is 3.45. The summed E-state index contributed by atoms with van der Waals surface area (Å²) >= 11 is 0. The number of piperidine rings is 1. The molecule has 0 saturated carbocycles. The number of rotatable bonds is 5. The first-order chi connectivity index (χ1) is 12.1. The molecule has 0 radical (unpaired) electrons. The van der Waals surface area contributed by atoms with Crippen molar-refractivity contribution >= 4 is 5.91 Å². The lowest BCUT2D eigenvalue weighted by Gasteiger charge is -2.32. The molecule has 1 fully saturated rings. The van der Waals surface area contributed by atoms with Crippen molar-refractivity contribution in [2.24, 2.45) is 0 Å². The second kappa shape index (κ2) is 7.96. The highest BCUT2D eigenvalue weighted by Gasteiger charge is 2.24. The Kier molecular flexibility index (Phi) is 5.48. The summed E-state index contributed by atoms with van der Waals surface area (Å²) < 4.78 is 10.9. The molecule has 0 aliphatic carbocycles. The summed E-state index contributed by atoms with van der Waals surface area (Å²) in [6, 6.07) is 10.1. The first-order valence-electron chi connectivity index (χ1n) is 8.51. The van der Waals surface area contributed by atoms with E-state index in [9.17, 15) is 4.79 Å². The molecule has 1 saturated heterocycles. The second-order valence-corrected chi connectivity index (χ2v) is 6.25. The Balaban J connectivity index is 1.50. The van der Waals surface area contributed by atoms with Crippen LogP contribution in [0.15, 0.2) is 36.5 Å². The quantitative estimate of drug-likeness (QED) is 0.836. The summed E-state index contributed by atoms with van der Waals surface area (Å²) in [6.07, 6.45) is 3.72. The number of hydrogen-bond acceptors (Lipinski definition) is 5. The van der Waals surface area contributed by atoms with Gasteiger partial charge in [0.2, 0.25) is 11.8 Å². The van der Waals surface area contributed by atoms with E-state index in [1.807, 2.05) is 30.0 Å². The number of aromatic nitrogens is 2. The lowest BCUT2D eigenvalue weighted by Crippen LogP contribution is -2.42. The van der Waals surface area contributed by atoms with E-state index < -0.39 is 0 Å². The van der Waals surface area contributed by atoms with Crippen LogP contribution in [0.5, 0.6) is 11.9 Å². The van der Waals surface area contributed by atoms with Crippen LogP contribution in [0.1, 0.15) is 24.0 Å². The molecular formula is C19H23N3O3. The average molecular weight is 341 g/mol. The van der Waals surface area contributed by atoms with E-state index in [0.717, 1.165) is 18.4 Å². The van der Waals surface area contributed by atoms with Crippen LogP contribution >= 0.6 is 0 Å². The molecule has 2 heterocycles. The SMILES string of the molecule is COc1nccc(OC2CCN(C(=O)Cc3cccc(C)c3)CC2)n1. The minimum Gasteiger partial charge on any atom is -0.474 e. The van der Waals surface area contributed by atoms with Gasteiger partial charge in [0, 0.05) is 38.2 Å². The van der Waals surface area contributed by atoms with Crippen molar-refractivity contribution in [2.45, 2.75) is 32.3 Å². The van der Waals surface area contributed by atoms with Crippen molar-refractivity contribution in [3.63, 3.8) is 0 Å². The average Bonchev–Trinajstić information content (AvgIpc) is 2.62. The van der Waals surface area contributed by atoms with Gasteiger partial charge < -0.3 is 14.4 Å². The van der Waals surface area contributed by atoms with E-state index in [-0.39, 0.29) is 12.0 Å². The third kappa shape index (κ3) is 4.68. The standard InChI is InChI=1S/C19H23N3O3/c1-14-4-3-5-15(12-14)13-18(23)22-10-7-16(8-11-22)25-17-6-9-20-19(21-17)24-2/h3-6,9,12,16H,7-8,10-11,13H2,1-2H3. The van der Waals surface area contributed by atoms with E-state index in [1.54, 1.807) is 12.3 Å². The second-order valence-electron chi connectivity index (χ2n) is 6.25. The fourth-order valence-corrected chi connectivity index (χ4v) is 2.99. The Morgan fingerprint density at radius 3 is 2.80 bits per heavy atom. The predicted octanol–water partition coefficient (Wildman–Crippen LogP) is 2.41. The molecule has 1 amide bonds. The zero-order valence-corrected chi connectivity index (χ0v) is 14.6. The van der Waals surface area contributed by atoms with Crippen LogP contribution in [0.25, 0.3) is 0 Å². The Morgan fingerprint density at radius 2 is 2.08 bits per heavy atom. The maximum Gasteiger partial charge on any atom is 0.319 e. The monoisotopic (exact) mass is 341 g/mol. The molecule has 1 aromatic heterocycles. The highest BCUT2D eigenvalue weighted by molar-refractivity contribution is 5.78. The number of nitrogens with zero attached hydrogens (tertiary/aromatic N) is 3. The molecule has 6 nitrogen and oxygen atoms in total. The van der Waals surface area contributed by atoms with E-state index >= 15 is 0 Å². The van der Waals surface area contributed by atoms with E-state index in [1.165, 1.54) is 12.7 Å². The molecule has 0 atom stereocenters. The molecule has 2 aromatic rings. The highest BCUT2D eigenvalue weighted by Crippen LogP contribution is 2.19. The third-order valence-corrected chi connectivity index (χ3v) is 4.31. The smallest absolute Gasteiger partial charge is 0.319 e. The Bertz CT molecular complexity index is 727. The Labute approximate surface area is 147 Å². The molecule has 3 rings (SSSR count). The van der Waals surface area contributed by atoms with E-state index in [2.05, 4.69) is 16.0 Å². The number of benzene rings is 1. The van der Waals surface area contributed by atoms with Crippen molar-refractivity contribution in [1.29, 1.82) is 0 Å². The third-order valence-electron chi connectivity index (χ3n) is 4.31. The van der Waals surface area contributed by atoms with Crippen molar-refractivity contribution in [1.82, 2.24) is 14.9 Å². The zero-order valence-electron chi connectivity index (χ0n) is 14.6. The maximum absolute atomic E-state index is 12.5. The van der Waals surface area contributed by atoms with Gasteiger partial charge in [-0.25, -0.2) is 4.98 Å². The fourth-order valence-electron chi connectivity index (χ4n) is 2.99. The molecule has 0 unspecified atom stereocenters. The number of aryl methyl sites for hydroxylation is 1. The normalized spacial score (nSPS) is 15.0. The van der Waals surface area contributed by atoms with Gasteiger partial charge in [-0.1, -0.05) is 29.8 Å². The zero-order chi connectivity index (χ0) is 17.6. The summed E-state index contributed by atoms with van der Waals surface area (Å²) in [5, 5.41) is 0. The molecule has 0 N–H and O–H groups in total. The van der Waals surface area contributed by atoms with Gasteiger partial charge in [-0.05, 0) is 12.5 Å². The van der Waals surface area contributed by atoms with Crippen molar-refractivity contribution in [3.8, 4) is 11.9 Å². The summed E-state index contributed by atoms with van der Waals surface area (Å²) in [5.41, 5.74) is 2.24. The van der Waals surface area contributed by atoms with E-state index in [4.69, 9.17) is 9.47 Å². The number of ether oxygens (including phenoxy) is 2. The van der Waals surface area contributed by atoms with Crippen LogP contribution in [0.4, 0.5) is 0 Å². The van der Waals surface area contributed by atoms with Gasteiger partial charge in [-0.2, -0.15) is 4.98 Å². The predicted molar refractivity (Wildman–Crippen MR) is 93.7 cm³/mol. The number of carbonyl (C=O) groups is 1. The van der Waals surface area contributed by atoms with Crippen LogP contribution < -0.4 is 9.47 Å². The Morgan fingerprint density at radius 1 is 1.28 bits per heavy atom. The van der Waals surface area contributed by atoms with Gasteiger partial charge in [-0.3, -0.25) is 4.79 Å². The number of methoxy groups -OCH3 is 1. The van der Waals surface area contributed by atoms with Crippen LogP contribution in [-0.2, 0) is 11.2 Å². The van der Waals surface area contributed by atoms with Gasteiger partial charge in [0.25, 0.3) is 0 Å². The number of hydrogen-bond donors (Lipinski definition) is 0.